The van der Waals surface area contributed by atoms with Crippen LogP contribution in [0.1, 0.15) is 11.1 Å². The lowest BCUT2D eigenvalue weighted by Crippen LogP contribution is -2.31. The zero-order valence-electron chi connectivity index (χ0n) is 10.1. The zero-order valence-corrected chi connectivity index (χ0v) is 10.1. The summed E-state index contributed by atoms with van der Waals surface area (Å²) in [5.74, 6) is 0.915. The molecule has 17 heavy (non-hydrogen) atoms. The summed E-state index contributed by atoms with van der Waals surface area (Å²) in [5, 5.41) is 8.74. The van der Waals surface area contributed by atoms with Crippen molar-refractivity contribution in [3.63, 3.8) is 0 Å². The van der Waals surface area contributed by atoms with Crippen LogP contribution in [0.2, 0.25) is 0 Å². The number of methoxy groups -OCH3 is 1. The van der Waals surface area contributed by atoms with Gasteiger partial charge in [-0.15, -0.1) is 0 Å². The molecular formula is C14H16N2O. The fourth-order valence-electron chi connectivity index (χ4n) is 2.15. The van der Waals surface area contributed by atoms with Crippen LogP contribution in [-0.2, 0) is 13.0 Å². The van der Waals surface area contributed by atoms with Crippen molar-refractivity contribution in [3.8, 4) is 11.8 Å². The molecule has 88 valence electrons. The highest BCUT2D eigenvalue weighted by molar-refractivity contribution is 5.37. The Morgan fingerprint density at radius 2 is 2.35 bits per heavy atom. The summed E-state index contributed by atoms with van der Waals surface area (Å²) in [7, 11) is 1.69. The lowest BCUT2D eigenvalue weighted by atomic mass is 9.99. The molecule has 0 fully saturated rings. The first-order valence-electron chi connectivity index (χ1n) is 5.69. The van der Waals surface area contributed by atoms with Crippen LogP contribution in [0.15, 0.2) is 30.4 Å². The smallest absolute Gasteiger partial charge is 0.119 e. The highest BCUT2D eigenvalue weighted by Gasteiger charge is 2.16. The van der Waals surface area contributed by atoms with Crippen molar-refractivity contribution in [1.82, 2.24) is 4.90 Å². The Morgan fingerprint density at radius 1 is 1.53 bits per heavy atom. The second-order valence-electron chi connectivity index (χ2n) is 4.31. The number of benzene rings is 1. The second kappa shape index (κ2) is 5.03. The largest absolute Gasteiger partial charge is 0.497 e. The van der Waals surface area contributed by atoms with E-state index in [1.807, 2.05) is 6.07 Å². The molecule has 0 bridgehead atoms. The molecule has 0 aromatic heterocycles. The van der Waals surface area contributed by atoms with E-state index in [9.17, 15) is 0 Å². The Hall–Kier alpha value is -1.79. The van der Waals surface area contributed by atoms with Gasteiger partial charge in [0.15, 0.2) is 0 Å². The number of rotatable bonds is 3. The normalized spacial score (nSPS) is 14.8. The lowest BCUT2D eigenvalue weighted by Gasteiger charge is -2.28. The molecule has 3 nitrogen and oxygen atoms in total. The van der Waals surface area contributed by atoms with Gasteiger partial charge in [0.2, 0.25) is 0 Å². The number of ether oxygens (including phenoxy) is 1. The molecule has 3 heteroatoms. The molecule has 1 aromatic carbocycles. The maximum atomic E-state index is 8.74. The van der Waals surface area contributed by atoms with Crippen LogP contribution in [0, 0.1) is 11.3 Å². The Labute approximate surface area is 102 Å². The van der Waals surface area contributed by atoms with Gasteiger partial charge in [0.25, 0.3) is 0 Å². The SMILES string of the molecule is C=C(C#N)CN1CCc2cc(OC)ccc2C1. The minimum absolute atomic E-state index is 0.627. The number of nitrogens with zero attached hydrogens (tertiary/aromatic N) is 2. The fourth-order valence-corrected chi connectivity index (χ4v) is 2.15. The van der Waals surface area contributed by atoms with Crippen molar-refractivity contribution >= 4 is 0 Å². The minimum Gasteiger partial charge on any atom is -0.497 e. The quantitative estimate of drug-likeness (QED) is 0.744. The van der Waals surface area contributed by atoms with E-state index in [1.165, 1.54) is 11.1 Å². The predicted octanol–water partition coefficient (Wildman–Crippen LogP) is 2.13. The summed E-state index contributed by atoms with van der Waals surface area (Å²) < 4.78 is 5.22. The van der Waals surface area contributed by atoms with Crippen molar-refractivity contribution in [2.75, 3.05) is 20.2 Å². The highest BCUT2D eigenvalue weighted by Crippen LogP contribution is 2.23. The molecule has 0 unspecified atom stereocenters. The maximum Gasteiger partial charge on any atom is 0.119 e. The number of hydrogen-bond acceptors (Lipinski definition) is 3. The highest BCUT2D eigenvalue weighted by atomic mass is 16.5. The standard InChI is InChI=1S/C14H16N2O/c1-11(8-15)9-16-6-5-12-7-14(17-2)4-3-13(12)10-16/h3-4,7H,1,5-6,9-10H2,2H3. The number of nitriles is 1. The first-order valence-corrected chi connectivity index (χ1v) is 5.69. The molecule has 0 saturated carbocycles. The molecule has 0 atom stereocenters. The summed E-state index contributed by atoms with van der Waals surface area (Å²) in [6, 6.07) is 8.30. The van der Waals surface area contributed by atoms with Gasteiger partial charge in [0.05, 0.1) is 13.2 Å². The molecule has 0 spiro atoms. The van der Waals surface area contributed by atoms with E-state index in [1.54, 1.807) is 7.11 Å². The molecule has 0 aliphatic carbocycles. The maximum absolute atomic E-state index is 8.74. The summed E-state index contributed by atoms with van der Waals surface area (Å²) in [6.45, 7) is 6.26. The van der Waals surface area contributed by atoms with Gasteiger partial charge in [-0.05, 0) is 29.7 Å². The van der Waals surface area contributed by atoms with Gasteiger partial charge in [-0.1, -0.05) is 12.6 Å². The van der Waals surface area contributed by atoms with Crippen LogP contribution in [-0.4, -0.2) is 25.1 Å². The van der Waals surface area contributed by atoms with Crippen molar-refractivity contribution < 1.29 is 4.74 Å². The van der Waals surface area contributed by atoms with Crippen LogP contribution < -0.4 is 4.74 Å². The summed E-state index contributed by atoms with van der Waals surface area (Å²) in [5.41, 5.74) is 3.30. The van der Waals surface area contributed by atoms with Gasteiger partial charge < -0.3 is 4.74 Å². The van der Waals surface area contributed by atoms with Crippen LogP contribution in [0.4, 0.5) is 0 Å². The molecule has 1 aliphatic heterocycles. The monoisotopic (exact) mass is 228 g/mol. The molecular weight excluding hydrogens is 212 g/mol. The Morgan fingerprint density at radius 3 is 3.06 bits per heavy atom. The topological polar surface area (TPSA) is 36.3 Å². The Bertz CT molecular complexity index is 474. The van der Waals surface area contributed by atoms with Gasteiger partial charge >= 0.3 is 0 Å². The van der Waals surface area contributed by atoms with Crippen molar-refractivity contribution in [3.05, 3.63) is 41.5 Å². The molecule has 1 aromatic rings. The van der Waals surface area contributed by atoms with Crippen LogP contribution in [0.3, 0.4) is 0 Å². The van der Waals surface area contributed by atoms with Crippen LogP contribution >= 0.6 is 0 Å². The van der Waals surface area contributed by atoms with Gasteiger partial charge in [-0.25, -0.2) is 0 Å². The molecule has 2 rings (SSSR count). The van der Waals surface area contributed by atoms with Crippen molar-refractivity contribution in [2.45, 2.75) is 13.0 Å². The van der Waals surface area contributed by atoms with E-state index in [2.05, 4.69) is 29.7 Å². The molecule has 0 amide bonds. The molecule has 1 aliphatic rings. The van der Waals surface area contributed by atoms with Crippen LogP contribution in [0.25, 0.3) is 0 Å². The summed E-state index contributed by atoms with van der Waals surface area (Å²) in [6.07, 6.45) is 1.01. The average Bonchev–Trinajstić information content (AvgIpc) is 2.38. The summed E-state index contributed by atoms with van der Waals surface area (Å²) >= 11 is 0. The van der Waals surface area contributed by atoms with Gasteiger partial charge in [0, 0.05) is 25.2 Å². The lowest BCUT2D eigenvalue weighted by molar-refractivity contribution is 0.277. The van der Waals surface area contributed by atoms with Gasteiger partial charge in [-0.2, -0.15) is 5.26 Å². The first kappa shape index (κ1) is 11.7. The Balaban J connectivity index is 2.09. The van der Waals surface area contributed by atoms with Crippen molar-refractivity contribution in [2.24, 2.45) is 0 Å². The molecule has 0 N–H and O–H groups in total. The fraction of sp³-hybridized carbons (Fsp3) is 0.357. The number of hydrogen-bond donors (Lipinski definition) is 0. The second-order valence-corrected chi connectivity index (χ2v) is 4.31. The third-order valence-corrected chi connectivity index (χ3v) is 3.08. The van der Waals surface area contributed by atoms with E-state index < -0.39 is 0 Å². The van der Waals surface area contributed by atoms with E-state index in [0.29, 0.717) is 12.1 Å². The van der Waals surface area contributed by atoms with Gasteiger partial charge in [-0.3, -0.25) is 4.90 Å². The predicted molar refractivity (Wildman–Crippen MR) is 66.7 cm³/mol. The molecule has 0 saturated heterocycles. The molecule has 0 radical (unpaired) electrons. The third-order valence-electron chi connectivity index (χ3n) is 3.08. The minimum atomic E-state index is 0.627. The van der Waals surface area contributed by atoms with Crippen LogP contribution in [0.5, 0.6) is 5.75 Å². The molecule has 1 heterocycles. The van der Waals surface area contributed by atoms with Gasteiger partial charge in [0.1, 0.15) is 5.75 Å². The first-order chi connectivity index (χ1) is 8.22. The Kier molecular flexibility index (Phi) is 3.46. The van der Waals surface area contributed by atoms with Crippen molar-refractivity contribution in [1.29, 1.82) is 5.26 Å². The average molecular weight is 228 g/mol. The number of fused-ring (bicyclic) bond motifs is 1. The van der Waals surface area contributed by atoms with E-state index in [-0.39, 0.29) is 0 Å². The summed E-state index contributed by atoms with van der Waals surface area (Å²) in [4.78, 5) is 2.25. The van der Waals surface area contributed by atoms with E-state index in [4.69, 9.17) is 10.00 Å². The third kappa shape index (κ3) is 2.66. The van der Waals surface area contributed by atoms with E-state index >= 15 is 0 Å². The zero-order chi connectivity index (χ0) is 12.3. The van der Waals surface area contributed by atoms with E-state index in [0.717, 1.165) is 25.3 Å².